The molecule has 0 aromatic carbocycles. The van der Waals surface area contributed by atoms with E-state index in [0.29, 0.717) is 25.8 Å². The molecule has 0 aliphatic carbocycles. The van der Waals surface area contributed by atoms with Crippen LogP contribution in [0, 0.1) is 0 Å². The van der Waals surface area contributed by atoms with Gasteiger partial charge in [-0.1, -0.05) is 13.3 Å². The van der Waals surface area contributed by atoms with E-state index in [1.807, 2.05) is 14.0 Å². The van der Waals surface area contributed by atoms with Gasteiger partial charge in [-0.25, -0.2) is 0 Å². The average molecular weight is 247 g/mol. The first-order valence-electron chi connectivity index (χ1n) is 6.50. The van der Waals surface area contributed by atoms with Crippen molar-refractivity contribution in [3.63, 3.8) is 0 Å². The van der Waals surface area contributed by atoms with E-state index in [4.69, 9.17) is 9.47 Å². The van der Waals surface area contributed by atoms with Crippen LogP contribution in [0.3, 0.4) is 0 Å². The fraction of sp³-hybridized carbons (Fsp3) is 1.00. The van der Waals surface area contributed by atoms with Crippen LogP contribution in [0.4, 0.5) is 0 Å². The Balaban J connectivity index is 3.73. The molecule has 0 saturated heterocycles. The van der Waals surface area contributed by atoms with Gasteiger partial charge in [0.05, 0.1) is 25.4 Å². The molecule has 0 aromatic heterocycles. The molecule has 0 bridgehead atoms. The maximum Gasteiger partial charge on any atom is 0.0900 e. The van der Waals surface area contributed by atoms with Gasteiger partial charge in [0.15, 0.2) is 0 Å². The summed E-state index contributed by atoms with van der Waals surface area (Å²) in [5.74, 6) is 0. The van der Waals surface area contributed by atoms with Crippen LogP contribution in [0.1, 0.15) is 33.6 Å². The minimum atomic E-state index is -0.432. The Bertz CT molecular complexity index is 178. The SMILES string of the molecule is CCCC(C)N(C)CC(O)COC(C)COC. The molecule has 1 N–H and O–H groups in total. The van der Waals surface area contributed by atoms with Crippen molar-refractivity contribution >= 4 is 0 Å². The Kier molecular flexibility index (Phi) is 9.74. The number of hydrogen-bond donors (Lipinski definition) is 1. The summed E-state index contributed by atoms with van der Waals surface area (Å²) in [4.78, 5) is 2.18. The molecule has 3 unspecified atom stereocenters. The van der Waals surface area contributed by atoms with Gasteiger partial charge in [-0.3, -0.25) is 0 Å². The lowest BCUT2D eigenvalue weighted by atomic mass is 10.1. The molecule has 4 heteroatoms. The van der Waals surface area contributed by atoms with Crippen molar-refractivity contribution in [1.82, 2.24) is 4.90 Å². The summed E-state index contributed by atoms with van der Waals surface area (Å²) in [5.41, 5.74) is 0. The van der Waals surface area contributed by atoms with Gasteiger partial charge in [0.2, 0.25) is 0 Å². The van der Waals surface area contributed by atoms with E-state index < -0.39 is 6.10 Å². The van der Waals surface area contributed by atoms with Crippen molar-refractivity contribution < 1.29 is 14.6 Å². The van der Waals surface area contributed by atoms with Gasteiger partial charge in [0.1, 0.15) is 0 Å². The van der Waals surface area contributed by atoms with Gasteiger partial charge in [-0.15, -0.1) is 0 Å². The lowest BCUT2D eigenvalue weighted by molar-refractivity contribution is -0.0403. The smallest absolute Gasteiger partial charge is 0.0900 e. The second kappa shape index (κ2) is 9.83. The van der Waals surface area contributed by atoms with E-state index in [0.717, 1.165) is 6.42 Å². The third-order valence-corrected chi connectivity index (χ3v) is 2.93. The maximum absolute atomic E-state index is 9.85. The van der Waals surface area contributed by atoms with Crippen LogP contribution < -0.4 is 0 Å². The van der Waals surface area contributed by atoms with E-state index in [-0.39, 0.29) is 6.10 Å². The van der Waals surface area contributed by atoms with Gasteiger partial charge in [-0.2, -0.15) is 0 Å². The normalized spacial score (nSPS) is 17.1. The van der Waals surface area contributed by atoms with E-state index in [1.54, 1.807) is 7.11 Å². The quantitative estimate of drug-likeness (QED) is 0.635. The van der Waals surface area contributed by atoms with E-state index in [1.165, 1.54) is 6.42 Å². The first kappa shape index (κ1) is 16.8. The number of ether oxygens (including phenoxy) is 2. The Labute approximate surface area is 106 Å². The van der Waals surface area contributed by atoms with Crippen molar-refractivity contribution in [1.29, 1.82) is 0 Å². The zero-order valence-corrected chi connectivity index (χ0v) is 12.0. The van der Waals surface area contributed by atoms with Gasteiger partial charge >= 0.3 is 0 Å². The molecular formula is C13H29NO3. The van der Waals surface area contributed by atoms with Crippen molar-refractivity contribution in [3.05, 3.63) is 0 Å². The molecule has 4 nitrogen and oxygen atoms in total. The first-order chi connectivity index (χ1) is 8.01. The summed E-state index contributed by atoms with van der Waals surface area (Å²) < 4.78 is 10.5. The Morgan fingerprint density at radius 1 is 1.24 bits per heavy atom. The fourth-order valence-electron chi connectivity index (χ4n) is 1.76. The highest BCUT2D eigenvalue weighted by molar-refractivity contribution is 4.67. The first-order valence-corrected chi connectivity index (χ1v) is 6.50. The second-order valence-corrected chi connectivity index (χ2v) is 4.83. The standard InChI is InChI=1S/C13H29NO3/c1-6-7-11(2)14(4)8-13(15)10-17-12(3)9-16-5/h11-13,15H,6-10H2,1-5H3. The maximum atomic E-state index is 9.85. The Morgan fingerprint density at radius 3 is 2.41 bits per heavy atom. The summed E-state index contributed by atoms with van der Waals surface area (Å²) in [5, 5.41) is 9.85. The molecular weight excluding hydrogens is 218 g/mol. The van der Waals surface area contributed by atoms with Crippen molar-refractivity contribution in [2.24, 2.45) is 0 Å². The van der Waals surface area contributed by atoms with Crippen LogP contribution in [0.25, 0.3) is 0 Å². The molecule has 0 amide bonds. The molecule has 0 saturated carbocycles. The summed E-state index contributed by atoms with van der Waals surface area (Å²) >= 11 is 0. The molecule has 17 heavy (non-hydrogen) atoms. The molecule has 0 rings (SSSR count). The number of likely N-dealkylation sites (N-methyl/N-ethyl adjacent to an activating group) is 1. The van der Waals surface area contributed by atoms with Gasteiger partial charge in [-0.05, 0) is 27.3 Å². The molecule has 0 aliphatic heterocycles. The Morgan fingerprint density at radius 2 is 1.88 bits per heavy atom. The number of methoxy groups -OCH3 is 1. The third-order valence-electron chi connectivity index (χ3n) is 2.93. The minimum absolute atomic E-state index is 0.0352. The second-order valence-electron chi connectivity index (χ2n) is 4.83. The van der Waals surface area contributed by atoms with Crippen LogP contribution in [-0.4, -0.2) is 62.2 Å². The molecule has 0 fully saturated rings. The lowest BCUT2D eigenvalue weighted by Crippen LogP contribution is -2.38. The summed E-state index contributed by atoms with van der Waals surface area (Å²) in [6, 6.07) is 0.506. The molecule has 0 radical (unpaired) electrons. The van der Waals surface area contributed by atoms with Crippen LogP contribution in [0.5, 0.6) is 0 Å². The zero-order valence-electron chi connectivity index (χ0n) is 12.0. The molecule has 0 heterocycles. The predicted octanol–water partition coefficient (Wildman–Crippen LogP) is 1.52. The van der Waals surface area contributed by atoms with Crippen LogP contribution in [0.2, 0.25) is 0 Å². The molecule has 0 spiro atoms. The van der Waals surface area contributed by atoms with E-state index in [2.05, 4.69) is 18.7 Å². The Hall–Kier alpha value is -0.160. The number of nitrogens with zero attached hydrogens (tertiary/aromatic N) is 1. The zero-order chi connectivity index (χ0) is 13.3. The highest BCUT2D eigenvalue weighted by Gasteiger charge is 2.14. The number of rotatable bonds is 10. The molecule has 0 aliphatic rings. The van der Waals surface area contributed by atoms with Crippen molar-refractivity contribution in [2.75, 3.05) is 33.9 Å². The largest absolute Gasteiger partial charge is 0.389 e. The fourth-order valence-corrected chi connectivity index (χ4v) is 1.76. The summed E-state index contributed by atoms with van der Waals surface area (Å²) in [6.07, 6.45) is 1.93. The minimum Gasteiger partial charge on any atom is -0.389 e. The number of aliphatic hydroxyl groups excluding tert-OH is 1. The third kappa shape index (κ3) is 8.55. The van der Waals surface area contributed by atoms with E-state index in [9.17, 15) is 5.11 Å². The molecule has 0 aromatic rings. The summed E-state index contributed by atoms with van der Waals surface area (Å²) in [6.45, 7) is 7.89. The average Bonchev–Trinajstić information content (AvgIpc) is 2.27. The van der Waals surface area contributed by atoms with Gasteiger partial charge in [0, 0.05) is 19.7 Å². The number of hydrogen-bond acceptors (Lipinski definition) is 4. The van der Waals surface area contributed by atoms with Crippen molar-refractivity contribution in [2.45, 2.75) is 51.9 Å². The highest BCUT2D eigenvalue weighted by atomic mass is 16.5. The van der Waals surface area contributed by atoms with Crippen LogP contribution in [-0.2, 0) is 9.47 Å². The molecule has 3 atom stereocenters. The monoisotopic (exact) mass is 247 g/mol. The van der Waals surface area contributed by atoms with Crippen LogP contribution >= 0.6 is 0 Å². The van der Waals surface area contributed by atoms with Crippen LogP contribution in [0.15, 0.2) is 0 Å². The summed E-state index contributed by atoms with van der Waals surface area (Å²) in [7, 11) is 3.69. The molecule has 104 valence electrons. The van der Waals surface area contributed by atoms with Gasteiger partial charge in [0.25, 0.3) is 0 Å². The lowest BCUT2D eigenvalue weighted by Gasteiger charge is -2.27. The highest BCUT2D eigenvalue weighted by Crippen LogP contribution is 2.05. The van der Waals surface area contributed by atoms with Gasteiger partial charge < -0.3 is 19.5 Å². The number of aliphatic hydroxyl groups is 1. The van der Waals surface area contributed by atoms with Crippen molar-refractivity contribution in [3.8, 4) is 0 Å². The predicted molar refractivity (Wildman–Crippen MR) is 70.3 cm³/mol. The topological polar surface area (TPSA) is 41.9 Å². The van der Waals surface area contributed by atoms with E-state index >= 15 is 0 Å².